The number of nitrogens with zero attached hydrogens (tertiary/aromatic N) is 3. The van der Waals surface area contributed by atoms with Gasteiger partial charge in [-0.25, -0.2) is 0 Å². The number of aromatic nitrogens is 2. The summed E-state index contributed by atoms with van der Waals surface area (Å²) in [5.41, 5.74) is 5.35. The first kappa shape index (κ1) is 16.8. The summed E-state index contributed by atoms with van der Waals surface area (Å²) in [4.78, 5) is 12.1. The van der Waals surface area contributed by atoms with E-state index in [0.29, 0.717) is 0 Å². The van der Waals surface area contributed by atoms with Crippen LogP contribution in [0, 0.1) is 20.8 Å². The number of nitrogens with one attached hydrogen (secondary N) is 1. The molecule has 1 unspecified atom stereocenters. The lowest BCUT2D eigenvalue weighted by Gasteiger charge is -2.33. The number of aryl methyl sites for hydroxylation is 3. The molecule has 1 fully saturated rings. The molecule has 1 N–H and O–H groups in total. The number of piperazine rings is 1. The van der Waals surface area contributed by atoms with Crippen LogP contribution in [0.1, 0.15) is 34.4 Å². The molecule has 3 rings (SSSR count). The van der Waals surface area contributed by atoms with Gasteiger partial charge < -0.3 is 5.32 Å². The van der Waals surface area contributed by atoms with Crippen LogP contribution in [-0.2, 0) is 0 Å². The van der Waals surface area contributed by atoms with Gasteiger partial charge in [0.25, 0.3) is 0 Å². The summed E-state index contributed by atoms with van der Waals surface area (Å²) in [6.07, 6.45) is 4.47. The molecule has 4 nitrogen and oxygen atoms in total. The highest BCUT2D eigenvalue weighted by Gasteiger charge is 2.23. The molecule has 0 radical (unpaired) electrons. The minimum Gasteiger partial charge on any atom is -0.314 e. The Morgan fingerprint density at radius 2 is 1.62 bits per heavy atom. The van der Waals surface area contributed by atoms with E-state index in [1.807, 2.05) is 19.9 Å². The molecule has 1 saturated heterocycles. The maximum absolute atomic E-state index is 4.88. The molecular weight excluding hydrogens is 296 g/mol. The molecule has 1 aliphatic rings. The fourth-order valence-electron chi connectivity index (χ4n) is 3.12. The molecule has 2 heterocycles. The van der Waals surface area contributed by atoms with Crippen LogP contribution in [0.5, 0.6) is 0 Å². The van der Waals surface area contributed by atoms with Crippen molar-refractivity contribution in [2.24, 2.45) is 0 Å². The predicted molar refractivity (Wildman–Crippen MR) is 98.9 cm³/mol. The van der Waals surface area contributed by atoms with Crippen LogP contribution in [0.25, 0.3) is 6.08 Å². The molecule has 0 aliphatic carbocycles. The van der Waals surface area contributed by atoms with Crippen molar-refractivity contribution in [3.63, 3.8) is 0 Å². The number of rotatable bonds is 4. The van der Waals surface area contributed by atoms with Gasteiger partial charge in [-0.05, 0) is 26.3 Å². The van der Waals surface area contributed by atoms with E-state index in [1.54, 1.807) is 0 Å². The van der Waals surface area contributed by atoms with Crippen molar-refractivity contribution < 1.29 is 0 Å². The molecule has 0 amide bonds. The zero-order valence-electron chi connectivity index (χ0n) is 14.8. The number of benzene rings is 1. The second kappa shape index (κ2) is 7.69. The second-order valence-electron chi connectivity index (χ2n) is 6.37. The highest BCUT2D eigenvalue weighted by atomic mass is 15.2. The third-order valence-electron chi connectivity index (χ3n) is 4.61. The van der Waals surface area contributed by atoms with Gasteiger partial charge in [-0.2, -0.15) is 0 Å². The van der Waals surface area contributed by atoms with Crippen molar-refractivity contribution in [2.45, 2.75) is 26.8 Å². The summed E-state index contributed by atoms with van der Waals surface area (Å²) in [6.45, 7) is 10.2. The van der Waals surface area contributed by atoms with Crippen LogP contribution in [0.4, 0.5) is 0 Å². The van der Waals surface area contributed by atoms with Gasteiger partial charge in [0, 0.05) is 26.2 Å². The molecule has 2 aromatic rings. The fourth-order valence-corrected chi connectivity index (χ4v) is 3.12. The van der Waals surface area contributed by atoms with Gasteiger partial charge in [0.05, 0.1) is 28.8 Å². The summed E-state index contributed by atoms with van der Waals surface area (Å²) in [6, 6.07) is 10.6. The summed E-state index contributed by atoms with van der Waals surface area (Å²) in [5, 5.41) is 3.43. The van der Waals surface area contributed by atoms with Gasteiger partial charge >= 0.3 is 0 Å². The van der Waals surface area contributed by atoms with Gasteiger partial charge in [-0.15, -0.1) is 0 Å². The smallest absolute Gasteiger partial charge is 0.0830 e. The van der Waals surface area contributed by atoms with Crippen LogP contribution in [0.2, 0.25) is 0 Å². The second-order valence-corrected chi connectivity index (χ2v) is 6.37. The monoisotopic (exact) mass is 322 g/mol. The number of hydrogen-bond donors (Lipinski definition) is 1. The largest absolute Gasteiger partial charge is 0.314 e. The van der Waals surface area contributed by atoms with Gasteiger partial charge in [0.2, 0.25) is 0 Å². The molecule has 1 aromatic heterocycles. The molecule has 24 heavy (non-hydrogen) atoms. The average molecular weight is 322 g/mol. The van der Waals surface area contributed by atoms with Gasteiger partial charge in [-0.1, -0.05) is 42.5 Å². The standard InChI is InChI=1S/C20H26N4/c1-15-16(2)23-20(17(3)22-15)19(24-13-11-21-12-14-24)10-9-18-7-5-4-6-8-18/h4-10,19,21H,11-14H2,1-3H3. The Bertz CT molecular complexity index is 703. The Morgan fingerprint density at radius 3 is 2.33 bits per heavy atom. The normalized spacial score (nSPS) is 17.3. The zero-order chi connectivity index (χ0) is 16.9. The molecular formula is C20H26N4. The van der Waals surface area contributed by atoms with E-state index >= 15 is 0 Å². The maximum atomic E-state index is 4.88. The molecule has 126 valence electrons. The third-order valence-corrected chi connectivity index (χ3v) is 4.61. The highest BCUT2D eigenvalue weighted by molar-refractivity contribution is 5.50. The van der Waals surface area contributed by atoms with E-state index in [1.165, 1.54) is 5.56 Å². The first-order chi connectivity index (χ1) is 11.6. The van der Waals surface area contributed by atoms with Crippen molar-refractivity contribution in [3.05, 3.63) is 64.7 Å². The minimum atomic E-state index is 0.166. The van der Waals surface area contributed by atoms with Crippen LogP contribution < -0.4 is 5.32 Å². The topological polar surface area (TPSA) is 41.1 Å². The molecule has 1 atom stereocenters. The average Bonchev–Trinajstić information content (AvgIpc) is 2.61. The van der Waals surface area contributed by atoms with E-state index in [2.05, 4.69) is 53.6 Å². The van der Waals surface area contributed by atoms with E-state index in [4.69, 9.17) is 9.97 Å². The van der Waals surface area contributed by atoms with Gasteiger partial charge in [0.1, 0.15) is 0 Å². The van der Waals surface area contributed by atoms with Crippen molar-refractivity contribution in [1.29, 1.82) is 0 Å². The van der Waals surface area contributed by atoms with E-state index < -0.39 is 0 Å². The van der Waals surface area contributed by atoms with Crippen molar-refractivity contribution >= 4 is 6.08 Å². The molecule has 1 aromatic carbocycles. The van der Waals surface area contributed by atoms with E-state index in [9.17, 15) is 0 Å². The van der Waals surface area contributed by atoms with Crippen molar-refractivity contribution in [1.82, 2.24) is 20.2 Å². The minimum absolute atomic E-state index is 0.166. The first-order valence-electron chi connectivity index (χ1n) is 8.65. The van der Waals surface area contributed by atoms with Crippen molar-refractivity contribution in [2.75, 3.05) is 26.2 Å². The Labute approximate surface area is 144 Å². The summed E-state index contributed by atoms with van der Waals surface area (Å²) in [7, 11) is 0. The molecule has 0 spiro atoms. The third kappa shape index (κ3) is 3.89. The van der Waals surface area contributed by atoms with Crippen LogP contribution in [0.15, 0.2) is 36.4 Å². The summed E-state index contributed by atoms with van der Waals surface area (Å²) < 4.78 is 0. The predicted octanol–water partition coefficient (Wildman–Crippen LogP) is 3.06. The Balaban J connectivity index is 1.95. The number of hydrogen-bond acceptors (Lipinski definition) is 4. The van der Waals surface area contributed by atoms with E-state index in [-0.39, 0.29) is 6.04 Å². The summed E-state index contributed by atoms with van der Waals surface area (Å²) >= 11 is 0. The van der Waals surface area contributed by atoms with Crippen LogP contribution in [0.3, 0.4) is 0 Å². The Morgan fingerprint density at radius 1 is 0.958 bits per heavy atom. The lowest BCUT2D eigenvalue weighted by Crippen LogP contribution is -2.45. The van der Waals surface area contributed by atoms with Crippen LogP contribution >= 0.6 is 0 Å². The van der Waals surface area contributed by atoms with Gasteiger partial charge in [-0.3, -0.25) is 14.9 Å². The fraction of sp³-hybridized carbons (Fsp3) is 0.400. The maximum Gasteiger partial charge on any atom is 0.0830 e. The quantitative estimate of drug-likeness (QED) is 0.939. The zero-order valence-corrected chi connectivity index (χ0v) is 14.8. The molecule has 1 aliphatic heterocycles. The van der Waals surface area contributed by atoms with Gasteiger partial charge in [0.15, 0.2) is 0 Å². The van der Waals surface area contributed by atoms with E-state index in [0.717, 1.165) is 49.0 Å². The Hall–Kier alpha value is -2.04. The highest BCUT2D eigenvalue weighted by Crippen LogP contribution is 2.25. The SMILES string of the molecule is Cc1nc(C)c(C(C=Cc2ccccc2)N2CCNCC2)nc1C. The Kier molecular flexibility index (Phi) is 5.38. The van der Waals surface area contributed by atoms with Crippen LogP contribution in [-0.4, -0.2) is 41.0 Å². The lowest BCUT2D eigenvalue weighted by molar-refractivity contribution is 0.200. The first-order valence-corrected chi connectivity index (χ1v) is 8.65. The molecule has 0 saturated carbocycles. The van der Waals surface area contributed by atoms with Crippen molar-refractivity contribution in [3.8, 4) is 0 Å². The molecule has 4 heteroatoms. The lowest BCUT2D eigenvalue weighted by atomic mass is 10.1. The summed E-state index contributed by atoms with van der Waals surface area (Å²) in [5.74, 6) is 0. The molecule has 0 bridgehead atoms.